The SMILES string of the molecule is CNc1[nH]c2cc(COC)ccc2c1C(N)O. The number of methoxy groups -OCH3 is 1. The maximum absolute atomic E-state index is 9.59. The predicted octanol–water partition coefficient (Wildman–Crippen LogP) is 1.31. The summed E-state index contributed by atoms with van der Waals surface area (Å²) in [4.78, 5) is 3.19. The molecule has 5 nitrogen and oxygen atoms in total. The summed E-state index contributed by atoms with van der Waals surface area (Å²) in [6.45, 7) is 0.560. The second kappa shape index (κ2) is 4.75. The Bertz CT molecular complexity index is 520. The van der Waals surface area contributed by atoms with Crippen molar-refractivity contribution in [3.63, 3.8) is 0 Å². The molecule has 1 heterocycles. The van der Waals surface area contributed by atoms with Gasteiger partial charge in [0.2, 0.25) is 0 Å². The Morgan fingerprint density at radius 2 is 2.29 bits per heavy atom. The summed E-state index contributed by atoms with van der Waals surface area (Å²) in [7, 11) is 3.44. The summed E-state index contributed by atoms with van der Waals surface area (Å²) >= 11 is 0. The molecule has 1 atom stereocenters. The van der Waals surface area contributed by atoms with Gasteiger partial charge >= 0.3 is 0 Å². The number of aromatic amines is 1. The molecule has 1 unspecified atom stereocenters. The normalized spacial score (nSPS) is 12.9. The number of nitrogens with one attached hydrogen (secondary N) is 2. The van der Waals surface area contributed by atoms with Crippen LogP contribution < -0.4 is 11.1 Å². The molecule has 2 rings (SSSR count). The van der Waals surface area contributed by atoms with E-state index in [4.69, 9.17) is 10.5 Å². The molecule has 0 saturated carbocycles. The number of aliphatic hydroxyl groups excluding tert-OH is 1. The fraction of sp³-hybridized carbons (Fsp3) is 0.333. The van der Waals surface area contributed by atoms with Crippen LogP contribution in [0.4, 0.5) is 5.82 Å². The number of aliphatic hydroxyl groups is 1. The van der Waals surface area contributed by atoms with Crippen LogP contribution in [0.5, 0.6) is 0 Å². The highest BCUT2D eigenvalue weighted by atomic mass is 16.5. The highest BCUT2D eigenvalue weighted by molar-refractivity contribution is 5.89. The van der Waals surface area contributed by atoms with Gasteiger partial charge in [0.25, 0.3) is 0 Å². The lowest BCUT2D eigenvalue weighted by Gasteiger charge is -2.06. The number of nitrogens with two attached hydrogens (primary N) is 1. The van der Waals surface area contributed by atoms with E-state index in [1.165, 1.54) is 0 Å². The number of rotatable bonds is 4. The van der Waals surface area contributed by atoms with E-state index in [0.717, 1.165) is 22.3 Å². The van der Waals surface area contributed by atoms with Crippen LogP contribution in [0.1, 0.15) is 17.4 Å². The van der Waals surface area contributed by atoms with Gasteiger partial charge in [0, 0.05) is 30.6 Å². The third-order valence-electron chi connectivity index (χ3n) is 2.76. The van der Waals surface area contributed by atoms with Crippen LogP contribution in [-0.4, -0.2) is 24.2 Å². The third kappa shape index (κ3) is 2.12. The molecule has 0 fully saturated rings. The van der Waals surface area contributed by atoms with E-state index in [-0.39, 0.29) is 0 Å². The zero-order valence-electron chi connectivity index (χ0n) is 9.95. The van der Waals surface area contributed by atoms with E-state index >= 15 is 0 Å². The molecule has 0 aliphatic heterocycles. The number of anilines is 1. The van der Waals surface area contributed by atoms with Crippen molar-refractivity contribution in [2.45, 2.75) is 12.8 Å². The maximum atomic E-state index is 9.59. The Kier molecular flexibility index (Phi) is 3.33. The van der Waals surface area contributed by atoms with Gasteiger partial charge in [-0.05, 0) is 11.6 Å². The minimum atomic E-state index is -1.00. The third-order valence-corrected chi connectivity index (χ3v) is 2.76. The number of benzene rings is 1. The van der Waals surface area contributed by atoms with E-state index in [2.05, 4.69) is 10.3 Å². The first-order valence-electron chi connectivity index (χ1n) is 5.42. The van der Waals surface area contributed by atoms with E-state index < -0.39 is 6.23 Å². The maximum Gasteiger partial charge on any atom is 0.132 e. The molecule has 2 aromatic rings. The predicted molar refractivity (Wildman–Crippen MR) is 67.7 cm³/mol. The van der Waals surface area contributed by atoms with Crippen molar-refractivity contribution >= 4 is 16.7 Å². The standard InChI is InChI=1S/C12H17N3O2/c1-14-12-10(11(13)16)8-4-3-7(6-17-2)5-9(8)15-12/h3-5,11,14-16H,6,13H2,1-2H3. The first-order chi connectivity index (χ1) is 8.17. The summed E-state index contributed by atoms with van der Waals surface area (Å²) in [5.74, 6) is 0.740. The number of fused-ring (bicyclic) bond motifs is 1. The zero-order valence-corrected chi connectivity index (χ0v) is 9.95. The van der Waals surface area contributed by atoms with Crippen LogP contribution in [0.3, 0.4) is 0 Å². The quantitative estimate of drug-likeness (QED) is 0.602. The molecule has 0 spiro atoms. The first kappa shape index (κ1) is 11.9. The van der Waals surface area contributed by atoms with Crippen molar-refractivity contribution in [1.82, 2.24) is 4.98 Å². The molecule has 0 aliphatic carbocycles. The number of hydrogen-bond donors (Lipinski definition) is 4. The van der Waals surface area contributed by atoms with Crippen molar-refractivity contribution in [3.8, 4) is 0 Å². The van der Waals surface area contributed by atoms with E-state index in [1.807, 2.05) is 18.2 Å². The Hall–Kier alpha value is -1.56. The first-order valence-corrected chi connectivity index (χ1v) is 5.42. The molecule has 5 N–H and O–H groups in total. The van der Waals surface area contributed by atoms with Gasteiger partial charge in [0.05, 0.1) is 6.61 Å². The van der Waals surface area contributed by atoms with Gasteiger partial charge in [-0.25, -0.2) is 0 Å². The van der Waals surface area contributed by atoms with E-state index in [1.54, 1.807) is 14.2 Å². The summed E-state index contributed by atoms with van der Waals surface area (Å²) in [5, 5.41) is 13.5. The van der Waals surface area contributed by atoms with E-state index in [0.29, 0.717) is 12.2 Å². The topological polar surface area (TPSA) is 83.3 Å². The Labute approximate surface area is 99.6 Å². The van der Waals surface area contributed by atoms with Crippen LogP contribution in [0.15, 0.2) is 18.2 Å². The summed E-state index contributed by atoms with van der Waals surface area (Å²) < 4.78 is 5.08. The van der Waals surface area contributed by atoms with Crippen molar-refractivity contribution in [2.75, 3.05) is 19.5 Å². The highest BCUT2D eigenvalue weighted by Gasteiger charge is 2.15. The highest BCUT2D eigenvalue weighted by Crippen LogP contribution is 2.30. The number of ether oxygens (including phenoxy) is 1. The lowest BCUT2D eigenvalue weighted by molar-refractivity contribution is 0.185. The molecule has 0 amide bonds. The van der Waals surface area contributed by atoms with Crippen LogP contribution in [0.25, 0.3) is 10.9 Å². The van der Waals surface area contributed by atoms with Gasteiger partial charge in [-0.2, -0.15) is 0 Å². The summed E-state index contributed by atoms with van der Waals surface area (Å²) in [6.07, 6.45) is -1.00. The zero-order chi connectivity index (χ0) is 12.4. The lowest BCUT2D eigenvalue weighted by Crippen LogP contribution is -2.10. The van der Waals surface area contributed by atoms with Gasteiger partial charge in [-0.1, -0.05) is 12.1 Å². The van der Waals surface area contributed by atoms with Gasteiger partial charge in [-0.3, -0.25) is 0 Å². The van der Waals surface area contributed by atoms with Crippen LogP contribution >= 0.6 is 0 Å². The van der Waals surface area contributed by atoms with Crippen molar-refractivity contribution in [1.29, 1.82) is 0 Å². The van der Waals surface area contributed by atoms with Crippen molar-refractivity contribution < 1.29 is 9.84 Å². The van der Waals surface area contributed by atoms with Crippen molar-refractivity contribution in [3.05, 3.63) is 29.3 Å². The fourth-order valence-corrected chi connectivity index (χ4v) is 2.03. The number of aromatic nitrogens is 1. The summed E-state index contributed by atoms with van der Waals surface area (Å²) in [6, 6.07) is 5.89. The van der Waals surface area contributed by atoms with Gasteiger partial charge in [0.1, 0.15) is 12.0 Å². The molecular formula is C12H17N3O2. The fourth-order valence-electron chi connectivity index (χ4n) is 2.03. The van der Waals surface area contributed by atoms with Gasteiger partial charge in [0.15, 0.2) is 0 Å². The second-order valence-corrected chi connectivity index (χ2v) is 3.92. The minimum Gasteiger partial charge on any atom is -0.380 e. The van der Waals surface area contributed by atoms with Crippen LogP contribution in [-0.2, 0) is 11.3 Å². The average molecular weight is 235 g/mol. The molecule has 17 heavy (non-hydrogen) atoms. The van der Waals surface area contributed by atoms with Gasteiger partial charge in [-0.15, -0.1) is 0 Å². The largest absolute Gasteiger partial charge is 0.380 e. The van der Waals surface area contributed by atoms with Crippen molar-refractivity contribution in [2.24, 2.45) is 5.73 Å². The monoisotopic (exact) mass is 235 g/mol. The molecular weight excluding hydrogens is 218 g/mol. The molecule has 0 saturated heterocycles. The second-order valence-electron chi connectivity index (χ2n) is 3.92. The number of H-pyrrole nitrogens is 1. The number of hydrogen-bond acceptors (Lipinski definition) is 4. The Morgan fingerprint density at radius 1 is 1.53 bits per heavy atom. The molecule has 0 bridgehead atoms. The molecule has 0 aliphatic rings. The van der Waals surface area contributed by atoms with Crippen LogP contribution in [0.2, 0.25) is 0 Å². The Morgan fingerprint density at radius 3 is 2.88 bits per heavy atom. The summed E-state index contributed by atoms with van der Waals surface area (Å²) in [5.41, 5.74) is 8.26. The molecule has 5 heteroatoms. The molecule has 1 aromatic heterocycles. The molecule has 0 radical (unpaired) electrons. The van der Waals surface area contributed by atoms with Crippen LogP contribution in [0, 0.1) is 0 Å². The lowest BCUT2D eigenvalue weighted by atomic mass is 10.1. The molecule has 1 aromatic carbocycles. The smallest absolute Gasteiger partial charge is 0.132 e. The Balaban J connectivity index is 2.57. The van der Waals surface area contributed by atoms with E-state index in [9.17, 15) is 5.11 Å². The average Bonchev–Trinajstić information content (AvgIpc) is 2.67. The minimum absolute atomic E-state index is 0.560. The van der Waals surface area contributed by atoms with Gasteiger partial charge < -0.3 is 25.9 Å². The molecule has 92 valence electrons.